The van der Waals surface area contributed by atoms with Crippen LogP contribution in [0.4, 0.5) is 5.69 Å². The van der Waals surface area contributed by atoms with E-state index in [1.54, 1.807) is 23.1 Å². The molecule has 0 fully saturated rings. The van der Waals surface area contributed by atoms with E-state index in [2.05, 4.69) is 36.3 Å². The first-order valence-electron chi connectivity index (χ1n) is 6.90. The Morgan fingerprint density at radius 1 is 1.40 bits per heavy atom. The lowest BCUT2D eigenvalue weighted by Crippen LogP contribution is -2.13. The monoisotopic (exact) mass is 439 g/mol. The number of carboxylic acids is 1. The van der Waals surface area contributed by atoms with Gasteiger partial charge in [-0.15, -0.1) is 0 Å². The lowest BCUT2D eigenvalue weighted by molar-refractivity contribution is 0.0696. The fourth-order valence-corrected chi connectivity index (χ4v) is 3.21. The second-order valence-corrected chi connectivity index (χ2v) is 6.79. The molecule has 0 amide bonds. The van der Waals surface area contributed by atoms with Gasteiger partial charge in [-0.3, -0.25) is 5.43 Å². The molecule has 128 valence electrons. The smallest absolute Gasteiger partial charge is 0.339 e. The van der Waals surface area contributed by atoms with E-state index < -0.39 is 5.97 Å². The summed E-state index contributed by atoms with van der Waals surface area (Å²) in [5.41, 5.74) is 3.91. The number of carbonyl (C=O) groups is 1. The van der Waals surface area contributed by atoms with E-state index in [0.29, 0.717) is 21.7 Å². The van der Waals surface area contributed by atoms with Crippen molar-refractivity contribution in [3.8, 4) is 11.5 Å². The third kappa shape index (κ3) is 3.63. The highest BCUT2D eigenvalue weighted by Crippen LogP contribution is 2.31. The molecule has 3 aromatic rings. The fraction of sp³-hybridized carbons (Fsp3) is 0.0667. The number of imidazole rings is 1. The first-order chi connectivity index (χ1) is 12.0. The first-order valence-corrected chi connectivity index (χ1v) is 9.30. The molecular formula is C15H11BrClN5O2S. The Morgan fingerprint density at radius 3 is 2.88 bits per heavy atom. The minimum absolute atomic E-state index is 0.0368. The summed E-state index contributed by atoms with van der Waals surface area (Å²) >= 11 is 11.0. The number of nitrogens with one attached hydrogen (secondary N) is 1. The number of benzene rings is 1. The van der Waals surface area contributed by atoms with Gasteiger partial charge in [-0.2, -0.15) is 0 Å². The Balaban J connectivity index is 2.10. The third-order valence-corrected chi connectivity index (χ3v) is 4.76. The highest BCUT2D eigenvalue weighted by atomic mass is 79.9. The molecule has 0 saturated carbocycles. The molecule has 1 aromatic carbocycles. The summed E-state index contributed by atoms with van der Waals surface area (Å²) in [4.78, 5) is 24.1. The van der Waals surface area contributed by atoms with Crippen molar-refractivity contribution in [2.75, 3.05) is 11.7 Å². The molecule has 2 heterocycles. The number of anilines is 1. The van der Waals surface area contributed by atoms with Crippen LogP contribution in [-0.4, -0.2) is 37.0 Å². The molecule has 0 atom stereocenters. The largest absolute Gasteiger partial charge is 0.478 e. The first kappa shape index (κ1) is 17.7. The standard InChI is InChI=1S/C15H11BrClN5O2S/c1-25-15-19-7-8(14(23)24)11(20-15)13-18-5-6-22(13)21-12-9(16)3-2-4-10(12)17/h2-7,21H,1H3,(H,23,24). The van der Waals surface area contributed by atoms with Crippen molar-refractivity contribution in [3.63, 3.8) is 0 Å². The van der Waals surface area contributed by atoms with Crippen molar-refractivity contribution in [1.82, 2.24) is 19.6 Å². The van der Waals surface area contributed by atoms with Crippen molar-refractivity contribution in [2.45, 2.75) is 5.16 Å². The zero-order chi connectivity index (χ0) is 18.0. The van der Waals surface area contributed by atoms with Crippen LogP contribution in [0.3, 0.4) is 0 Å². The van der Waals surface area contributed by atoms with Gasteiger partial charge in [-0.05, 0) is 34.3 Å². The molecular weight excluding hydrogens is 430 g/mol. The molecule has 0 spiro atoms. The SMILES string of the molecule is CSc1ncc(C(=O)O)c(-c2nccn2Nc2c(Cl)cccc2Br)n1. The maximum Gasteiger partial charge on any atom is 0.339 e. The van der Waals surface area contributed by atoms with Crippen molar-refractivity contribution in [3.05, 3.63) is 51.8 Å². The molecule has 2 N–H and O–H groups in total. The molecule has 25 heavy (non-hydrogen) atoms. The average molecular weight is 441 g/mol. The molecule has 0 radical (unpaired) electrons. The number of nitrogens with zero attached hydrogens (tertiary/aromatic N) is 4. The summed E-state index contributed by atoms with van der Waals surface area (Å²) < 4.78 is 2.32. The van der Waals surface area contributed by atoms with E-state index in [0.717, 1.165) is 4.47 Å². The van der Waals surface area contributed by atoms with E-state index in [1.807, 2.05) is 18.4 Å². The number of rotatable bonds is 5. The van der Waals surface area contributed by atoms with E-state index in [9.17, 15) is 9.90 Å². The topological polar surface area (TPSA) is 92.9 Å². The van der Waals surface area contributed by atoms with Gasteiger partial charge in [-0.25, -0.2) is 24.4 Å². The Bertz CT molecular complexity index is 929. The van der Waals surface area contributed by atoms with E-state index >= 15 is 0 Å². The predicted octanol–water partition coefficient (Wildman–Crippen LogP) is 4.05. The molecule has 0 unspecified atom stereocenters. The number of para-hydroxylation sites is 1. The van der Waals surface area contributed by atoms with Crippen LogP contribution in [-0.2, 0) is 0 Å². The maximum absolute atomic E-state index is 11.5. The molecule has 2 aromatic heterocycles. The van der Waals surface area contributed by atoms with Crippen LogP contribution < -0.4 is 5.43 Å². The van der Waals surface area contributed by atoms with Gasteiger partial charge >= 0.3 is 5.97 Å². The van der Waals surface area contributed by atoms with Gasteiger partial charge in [-0.1, -0.05) is 29.4 Å². The number of thioether (sulfide) groups is 1. The highest BCUT2D eigenvalue weighted by Gasteiger charge is 2.20. The normalized spacial score (nSPS) is 10.7. The molecule has 7 nitrogen and oxygen atoms in total. The van der Waals surface area contributed by atoms with E-state index in [-0.39, 0.29) is 11.3 Å². The van der Waals surface area contributed by atoms with Crippen molar-refractivity contribution < 1.29 is 9.90 Å². The molecule has 0 aliphatic heterocycles. The van der Waals surface area contributed by atoms with E-state index in [4.69, 9.17) is 11.6 Å². The molecule has 0 bridgehead atoms. The van der Waals surface area contributed by atoms with Crippen molar-refractivity contribution >= 4 is 50.9 Å². The van der Waals surface area contributed by atoms with Gasteiger partial charge < -0.3 is 5.11 Å². The highest BCUT2D eigenvalue weighted by molar-refractivity contribution is 9.10. The van der Waals surface area contributed by atoms with Crippen LogP contribution in [0.1, 0.15) is 10.4 Å². The molecule has 3 rings (SSSR count). The van der Waals surface area contributed by atoms with Gasteiger partial charge in [0.25, 0.3) is 0 Å². The summed E-state index contributed by atoms with van der Waals surface area (Å²) in [5.74, 6) is -0.793. The Kier molecular flexibility index (Phi) is 5.26. The van der Waals surface area contributed by atoms with Crippen LogP contribution in [0.2, 0.25) is 5.02 Å². The third-order valence-electron chi connectivity index (χ3n) is 3.23. The van der Waals surface area contributed by atoms with Crippen LogP contribution in [0, 0.1) is 0 Å². The second kappa shape index (κ2) is 7.42. The average Bonchev–Trinajstić information content (AvgIpc) is 3.05. The zero-order valence-electron chi connectivity index (χ0n) is 12.8. The summed E-state index contributed by atoms with van der Waals surface area (Å²) in [6.45, 7) is 0. The van der Waals surface area contributed by atoms with Crippen LogP contribution in [0.5, 0.6) is 0 Å². The lowest BCUT2D eigenvalue weighted by Gasteiger charge is -2.14. The molecule has 0 aliphatic carbocycles. The summed E-state index contributed by atoms with van der Waals surface area (Å²) in [7, 11) is 0. The van der Waals surface area contributed by atoms with Gasteiger partial charge in [0.05, 0.1) is 10.7 Å². The molecule has 0 saturated heterocycles. The zero-order valence-corrected chi connectivity index (χ0v) is 15.9. The van der Waals surface area contributed by atoms with Gasteiger partial charge in [0, 0.05) is 23.1 Å². The molecule has 0 aliphatic rings. The number of halogens is 2. The minimum Gasteiger partial charge on any atom is -0.478 e. The Hall–Kier alpha value is -2.10. The second-order valence-electron chi connectivity index (χ2n) is 4.75. The Labute approximate surface area is 160 Å². The number of hydrogen-bond acceptors (Lipinski definition) is 6. The van der Waals surface area contributed by atoms with Crippen LogP contribution in [0.25, 0.3) is 11.5 Å². The maximum atomic E-state index is 11.5. The summed E-state index contributed by atoms with van der Waals surface area (Å²) in [6, 6.07) is 5.39. The minimum atomic E-state index is -1.13. The quantitative estimate of drug-likeness (QED) is 0.456. The van der Waals surface area contributed by atoms with Crippen LogP contribution in [0.15, 0.2) is 46.4 Å². The summed E-state index contributed by atoms with van der Waals surface area (Å²) in [6.07, 6.45) is 6.28. The van der Waals surface area contributed by atoms with Crippen molar-refractivity contribution in [1.29, 1.82) is 0 Å². The predicted molar refractivity (Wildman–Crippen MR) is 100 cm³/mol. The fourth-order valence-electron chi connectivity index (χ4n) is 2.08. The number of hydrogen-bond donors (Lipinski definition) is 2. The van der Waals surface area contributed by atoms with Gasteiger partial charge in [0.2, 0.25) is 0 Å². The number of aromatic carboxylic acids is 1. The summed E-state index contributed by atoms with van der Waals surface area (Å²) in [5, 5.41) is 10.4. The van der Waals surface area contributed by atoms with Crippen molar-refractivity contribution in [2.24, 2.45) is 0 Å². The van der Waals surface area contributed by atoms with E-state index in [1.165, 1.54) is 18.0 Å². The Morgan fingerprint density at radius 2 is 2.20 bits per heavy atom. The number of carboxylic acid groups (broad SMARTS) is 1. The van der Waals surface area contributed by atoms with Gasteiger partial charge in [0.1, 0.15) is 11.3 Å². The van der Waals surface area contributed by atoms with Gasteiger partial charge in [0.15, 0.2) is 11.0 Å². The number of aromatic nitrogens is 4. The van der Waals surface area contributed by atoms with Crippen LogP contribution >= 0.6 is 39.3 Å². The lowest BCUT2D eigenvalue weighted by atomic mass is 10.2. The molecule has 10 heteroatoms.